The molecule has 0 spiro atoms. The van der Waals surface area contributed by atoms with Crippen molar-refractivity contribution < 1.29 is 4.74 Å². The molecule has 0 N–H and O–H groups in total. The predicted molar refractivity (Wildman–Crippen MR) is 101 cm³/mol. The zero-order valence-corrected chi connectivity index (χ0v) is 15.3. The minimum absolute atomic E-state index is 0.809. The topological polar surface area (TPSA) is 28.1 Å². The fourth-order valence-electron chi connectivity index (χ4n) is 3.48. The molecule has 0 saturated carbocycles. The van der Waals surface area contributed by atoms with Crippen molar-refractivity contribution >= 4 is 27.5 Å². The zero-order chi connectivity index (χ0) is 16.5. The number of methoxy groups -OCH3 is 1. The Kier molecular flexibility index (Phi) is 4.19. The lowest BCUT2D eigenvalue weighted by atomic mass is 10.0. The Balaban J connectivity index is 1.72. The number of fused-ring (bicyclic) bond motifs is 3. The molecule has 4 rings (SSSR count). The van der Waals surface area contributed by atoms with Crippen LogP contribution in [0.2, 0.25) is 0 Å². The zero-order valence-electron chi connectivity index (χ0n) is 13.7. The van der Waals surface area contributed by atoms with Crippen LogP contribution >= 0.6 is 15.9 Å². The van der Waals surface area contributed by atoms with E-state index in [9.17, 15) is 0 Å². The van der Waals surface area contributed by atoms with Gasteiger partial charge >= 0.3 is 0 Å². The SMILES string of the molecule is COc1ccc(Br)cc1CN1CN2CCCN=C2c2ccccc21. The first-order chi connectivity index (χ1) is 11.8. The van der Waals surface area contributed by atoms with Gasteiger partial charge < -0.3 is 14.5 Å². The summed E-state index contributed by atoms with van der Waals surface area (Å²) < 4.78 is 6.62. The Labute approximate surface area is 150 Å². The number of aliphatic imine (C=N–C) groups is 1. The minimum Gasteiger partial charge on any atom is -0.496 e. The molecule has 0 bridgehead atoms. The van der Waals surface area contributed by atoms with E-state index in [1.54, 1.807) is 7.11 Å². The summed E-state index contributed by atoms with van der Waals surface area (Å²) in [7, 11) is 1.73. The Morgan fingerprint density at radius 3 is 2.96 bits per heavy atom. The number of anilines is 1. The number of halogens is 1. The fourth-order valence-corrected chi connectivity index (χ4v) is 3.89. The van der Waals surface area contributed by atoms with Crippen LogP contribution in [-0.4, -0.2) is 37.6 Å². The van der Waals surface area contributed by atoms with E-state index in [4.69, 9.17) is 9.73 Å². The van der Waals surface area contributed by atoms with Gasteiger partial charge in [0.25, 0.3) is 0 Å². The average molecular weight is 386 g/mol. The highest BCUT2D eigenvalue weighted by molar-refractivity contribution is 9.10. The van der Waals surface area contributed by atoms with Gasteiger partial charge in [-0.15, -0.1) is 0 Å². The average Bonchev–Trinajstić information content (AvgIpc) is 2.62. The Morgan fingerprint density at radius 2 is 2.08 bits per heavy atom. The molecular formula is C19H20BrN3O. The highest BCUT2D eigenvalue weighted by Crippen LogP contribution is 2.32. The molecule has 2 heterocycles. The molecule has 2 aromatic carbocycles. The number of nitrogens with zero attached hydrogens (tertiary/aromatic N) is 3. The lowest BCUT2D eigenvalue weighted by Gasteiger charge is -2.42. The fraction of sp³-hybridized carbons (Fsp3) is 0.316. The summed E-state index contributed by atoms with van der Waals surface area (Å²) in [6, 6.07) is 14.7. The highest BCUT2D eigenvalue weighted by Gasteiger charge is 2.28. The molecular weight excluding hydrogens is 366 g/mol. The molecule has 124 valence electrons. The monoisotopic (exact) mass is 385 g/mol. The van der Waals surface area contributed by atoms with Crippen LogP contribution in [0, 0.1) is 0 Å². The van der Waals surface area contributed by atoms with Gasteiger partial charge in [0.2, 0.25) is 0 Å². The lowest BCUT2D eigenvalue weighted by Crippen LogP contribution is -2.48. The maximum atomic E-state index is 5.55. The largest absolute Gasteiger partial charge is 0.496 e. The summed E-state index contributed by atoms with van der Waals surface area (Å²) in [6.07, 6.45) is 1.12. The molecule has 0 aliphatic carbocycles. The number of para-hydroxylation sites is 1. The van der Waals surface area contributed by atoms with Crippen molar-refractivity contribution in [2.24, 2.45) is 4.99 Å². The van der Waals surface area contributed by atoms with Gasteiger partial charge in [-0.1, -0.05) is 28.1 Å². The summed E-state index contributed by atoms with van der Waals surface area (Å²) in [5.74, 6) is 2.07. The van der Waals surface area contributed by atoms with Gasteiger partial charge in [0, 0.05) is 40.9 Å². The Morgan fingerprint density at radius 1 is 1.21 bits per heavy atom. The summed E-state index contributed by atoms with van der Waals surface area (Å²) >= 11 is 3.57. The van der Waals surface area contributed by atoms with Gasteiger partial charge in [0.15, 0.2) is 0 Å². The standard InChI is InChI=1S/C19H20BrN3O/c1-24-18-8-7-15(20)11-14(18)12-23-13-22-10-4-9-21-19(22)16-5-2-3-6-17(16)23/h2-3,5-8,11H,4,9-10,12-13H2,1H3. The van der Waals surface area contributed by atoms with Crippen molar-refractivity contribution in [1.29, 1.82) is 0 Å². The Bertz CT molecular complexity index is 790. The number of rotatable bonds is 3. The Hall–Kier alpha value is -2.01. The molecule has 5 heteroatoms. The quantitative estimate of drug-likeness (QED) is 0.801. The van der Waals surface area contributed by atoms with Crippen molar-refractivity contribution in [3.05, 3.63) is 58.1 Å². The molecule has 0 aromatic heterocycles. The summed E-state index contributed by atoms with van der Waals surface area (Å²) in [6.45, 7) is 3.67. The van der Waals surface area contributed by atoms with Crippen molar-refractivity contribution in [2.75, 3.05) is 31.8 Å². The molecule has 0 atom stereocenters. The second-order valence-electron chi connectivity index (χ2n) is 6.14. The van der Waals surface area contributed by atoms with E-state index >= 15 is 0 Å². The van der Waals surface area contributed by atoms with E-state index < -0.39 is 0 Å². The van der Waals surface area contributed by atoms with Gasteiger partial charge in [0.1, 0.15) is 11.6 Å². The molecule has 0 fully saturated rings. The third-order valence-electron chi connectivity index (χ3n) is 4.58. The molecule has 24 heavy (non-hydrogen) atoms. The van der Waals surface area contributed by atoms with E-state index in [1.165, 1.54) is 16.8 Å². The minimum atomic E-state index is 0.809. The molecule has 0 saturated heterocycles. The molecule has 0 radical (unpaired) electrons. The number of hydrogen-bond donors (Lipinski definition) is 0. The van der Waals surface area contributed by atoms with E-state index in [1.807, 2.05) is 12.1 Å². The lowest BCUT2D eigenvalue weighted by molar-refractivity contribution is 0.376. The third-order valence-corrected chi connectivity index (χ3v) is 5.07. The van der Waals surface area contributed by atoms with Crippen LogP contribution in [-0.2, 0) is 6.54 Å². The van der Waals surface area contributed by atoms with Gasteiger partial charge in [0.05, 0.1) is 13.8 Å². The molecule has 0 unspecified atom stereocenters. The maximum absolute atomic E-state index is 5.55. The van der Waals surface area contributed by atoms with E-state index in [0.717, 1.165) is 48.8 Å². The number of amidine groups is 1. The first-order valence-corrected chi connectivity index (χ1v) is 9.02. The number of ether oxygens (including phenoxy) is 1. The van der Waals surface area contributed by atoms with Gasteiger partial charge in [-0.2, -0.15) is 0 Å². The van der Waals surface area contributed by atoms with Crippen LogP contribution in [0.4, 0.5) is 5.69 Å². The molecule has 2 aliphatic heterocycles. The molecule has 0 amide bonds. The summed E-state index contributed by atoms with van der Waals surface area (Å²) in [5, 5.41) is 0. The second-order valence-corrected chi connectivity index (χ2v) is 7.05. The van der Waals surface area contributed by atoms with E-state index in [0.29, 0.717) is 0 Å². The van der Waals surface area contributed by atoms with Crippen LogP contribution in [0.1, 0.15) is 17.5 Å². The van der Waals surface area contributed by atoms with E-state index in [2.05, 4.69) is 56.1 Å². The van der Waals surface area contributed by atoms with Crippen LogP contribution in [0.25, 0.3) is 0 Å². The highest BCUT2D eigenvalue weighted by atomic mass is 79.9. The van der Waals surface area contributed by atoms with Crippen LogP contribution in [0.5, 0.6) is 5.75 Å². The number of benzene rings is 2. The van der Waals surface area contributed by atoms with E-state index in [-0.39, 0.29) is 0 Å². The predicted octanol–water partition coefficient (Wildman–Crippen LogP) is 3.89. The molecule has 2 aromatic rings. The molecule has 2 aliphatic rings. The number of hydrogen-bond acceptors (Lipinski definition) is 4. The first-order valence-electron chi connectivity index (χ1n) is 8.22. The smallest absolute Gasteiger partial charge is 0.134 e. The first kappa shape index (κ1) is 15.5. The van der Waals surface area contributed by atoms with Crippen LogP contribution in [0.15, 0.2) is 51.9 Å². The van der Waals surface area contributed by atoms with Crippen LogP contribution in [0.3, 0.4) is 0 Å². The third kappa shape index (κ3) is 2.77. The van der Waals surface area contributed by atoms with Gasteiger partial charge in [-0.05, 0) is 36.8 Å². The van der Waals surface area contributed by atoms with Crippen LogP contribution < -0.4 is 9.64 Å². The van der Waals surface area contributed by atoms with Gasteiger partial charge in [-0.3, -0.25) is 4.99 Å². The van der Waals surface area contributed by atoms with Crippen molar-refractivity contribution in [3.63, 3.8) is 0 Å². The van der Waals surface area contributed by atoms with Crippen molar-refractivity contribution in [3.8, 4) is 5.75 Å². The van der Waals surface area contributed by atoms with Crippen molar-refractivity contribution in [2.45, 2.75) is 13.0 Å². The summed E-state index contributed by atoms with van der Waals surface area (Å²) in [4.78, 5) is 9.56. The van der Waals surface area contributed by atoms with Crippen molar-refractivity contribution in [1.82, 2.24) is 4.90 Å². The maximum Gasteiger partial charge on any atom is 0.134 e. The summed E-state index contributed by atoms with van der Waals surface area (Å²) in [5.41, 5.74) is 3.66. The normalized spacial score (nSPS) is 16.3. The van der Waals surface area contributed by atoms with Gasteiger partial charge in [-0.25, -0.2) is 0 Å². The second kappa shape index (κ2) is 6.48. The molecule has 4 nitrogen and oxygen atoms in total.